The summed E-state index contributed by atoms with van der Waals surface area (Å²) in [5.41, 5.74) is 0.274. The number of carbonyl (C=O) groups is 1. The number of ether oxygens (including phenoxy) is 1. The van der Waals surface area contributed by atoms with E-state index < -0.39 is 17.6 Å². The molecule has 2 aromatic carbocycles. The molecule has 1 amide bonds. The van der Waals surface area contributed by atoms with Gasteiger partial charge in [-0.15, -0.1) is 0 Å². The van der Waals surface area contributed by atoms with E-state index in [2.05, 4.69) is 15.6 Å². The second kappa shape index (κ2) is 9.27. The minimum absolute atomic E-state index is 0.00655. The second-order valence-corrected chi connectivity index (χ2v) is 7.10. The van der Waals surface area contributed by atoms with Crippen LogP contribution < -0.4 is 15.4 Å². The molecule has 0 saturated heterocycles. The number of halogens is 4. The highest BCUT2D eigenvalue weighted by Gasteiger charge is 2.30. The lowest BCUT2D eigenvalue weighted by molar-refractivity contribution is -0.137. The van der Waals surface area contributed by atoms with Gasteiger partial charge < -0.3 is 20.8 Å². The van der Waals surface area contributed by atoms with Crippen LogP contribution in [0.4, 0.5) is 30.4 Å². The van der Waals surface area contributed by atoms with Gasteiger partial charge in [0.1, 0.15) is 11.6 Å². The van der Waals surface area contributed by atoms with Gasteiger partial charge in [-0.2, -0.15) is 13.2 Å². The van der Waals surface area contributed by atoms with Gasteiger partial charge >= 0.3 is 6.18 Å². The van der Waals surface area contributed by atoms with Crippen molar-refractivity contribution in [2.75, 3.05) is 17.7 Å². The van der Waals surface area contributed by atoms with Crippen molar-refractivity contribution in [3.8, 4) is 5.75 Å². The molecule has 0 bridgehead atoms. The minimum Gasteiger partial charge on any atom is -0.497 e. The van der Waals surface area contributed by atoms with Crippen molar-refractivity contribution in [3.05, 3.63) is 76.4 Å². The van der Waals surface area contributed by atoms with Crippen molar-refractivity contribution >= 4 is 40.4 Å². The fourth-order valence-electron chi connectivity index (χ4n) is 2.84. The van der Waals surface area contributed by atoms with Gasteiger partial charge in [-0.1, -0.05) is 11.6 Å². The summed E-state index contributed by atoms with van der Waals surface area (Å²) in [6.45, 7) is 1.50. The Morgan fingerprint density at radius 2 is 1.66 bits per heavy atom. The Labute approximate surface area is 186 Å². The first-order chi connectivity index (χ1) is 15.1. The molecule has 0 fully saturated rings. The van der Waals surface area contributed by atoms with Crippen molar-refractivity contribution in [2.45, 2.75) is 13.1 Å². The molecule has 1 aromatic heterocycles. The number of anilines is 3. The zero-order valence-electron chi connectivity index (χ0n) is 17.0. The van der Waals surface area contributed by atoms with E-state index in [-0.39, 0.29) is 33.4 Å². The molecule has 0 aliphatic rings. The van der Waals surface area contributed by atoms with Crippen LogP contribution in [0.1, 0.15) is 28.4 Å². The molecule has 0 spiro atoms. The smallest absolute Gasteiger partial charge is 0.416 e. The number of hydrogen-bond donors (Lipinski definition) is 3. The van der Waals surface area contributed by atoms with Crippen molar-refractivity contribution in [3.63, 3.8) is 0 Å². The number of methoxy groups -OCH3 is 1. The highest BCUT2D eigenvalue weighted by atomic mass is 35.5. The number of nitrogens with zero attached hydrogens (tertiary/aromatic N) is 1. The van der Waals surface area contributed by atoms with Crippen molar-refractivity contribution < 1.29 is 22.7 Å². The standard InChI is InChI=1S/C22H18ClF3N4O2/c1-12(27)18-19(23)17(11-28-20(18)29-14-7-9-16(32-2)10-8-14)21(31)30-15-5-3-13(4-6-15)22(24,25)26/h3-11,27H,1-2H3,(H,28,29)(H,30,31). The lowest BCUT2D eigenvalue weighted by atomic mass is 10.1. The van der Waals surface area contributed by atoms with Crippen molar-refractivity contribution in [1.82, 2.24) is 4.98 Å². The number of benzene rings is 2. The van der Waals surface area contributed by atoms with Crippen LogP contribution in [0.15, 0.2) is 54.7 Å². The van der Waals surface area contributed by atoms with Gasteiger partial charge in [0.05, 0.1) is 28.8 Å². The molecule has 1 heterocycles. The quantitative estimate of drug-likeness (QED) is 0.384. The van der Waals surface area contributed by atoms with E-state index in [1.54, 1.807) is 31.4 Å². The summed E-state index contributed by atoms with van der Waals surface area (Å²) in [5.74, 6) is 0.278. The molecule has 3 rings (SSSR count). The molecule has 10 heteroatoms. The molecule has 0 saturated carbocycles. The summed E-state index contributed by atoms with van der Waals surface area (Å²) in [6, 6.07) is 11.0. The molecule has 0 aliphatic heterocycles. The molecule has 32 heavy (non-hydrogen) atoms. The summed E-state index contributed by atoms with van der Waals surface area (Å²) in [6.07, 6.45) is -3.24. The SMILES string of the molecule is COc1ccc(Nc2ncc(C(=O)Nc3ccc(C(F)(F)F)cc3)c(Cl)c2C(C)=N)cc1. The van der Waals surface area contributed by atoms with E-state index in [1.807, 2.05) is 0 Å². The topological polar surface area (TPSA) is 87.1 Å². The van der Waals surface area contributed by atoms with E-state index in [0.717, 1.165) is 24.3 Å². The van der Waals surface area contributed by atoms with Crippen molar-refractivity contribution in [1.29, 1.82) is 5.41 Å². The summed E-state index contributed by atoms with van der Waals surface area (Å²) in [7, 11) is 1.55. The normalized spacial score (nSPS) is 11.1. The number of rotatable bonds is 6. The van der Waals surface area contributed by atoms with Gasteiger partial charge in [0.15, 0.2) is 0 Å². The fraction of sp³-hybridized carbons (Fsp3) is 0.136. The van der Waals surface area contributed by atoms with Crippen LogP contribution in [0, 0.1) is 5.41 Å². The molecular weight excluding hydrogens is 445 g/mol. The predicted octanol–water partition coefficient (Wildman–Crippen LogP) is 6.15. The van der Waals surface area contributed by atoms with Crippen molar-refractivity contribution in [2.24, 2.45) is 0 Å². The maximum Gasteiger partial charge on any atom is 0.416 e. The van der Waals surface area contributed by atoms with Crippen LogP contribution in [0.2, 0.25) is 5.02 Å². The average Bonchev–Trinajstić information content (AvgIpc) is 2.74. The number of aromatic nitrogens is 1. The summed E-state index contributed by atoms with van der Waals surface area (Å²) < 4.78 is 43.2. The zero-order chi connectivity index (χ0) is 23.5. The van der Waals surface area contributed by atoms with Gasteiger partial charge in [-0.3, -0.25) is 4.79 Å². The van der Waals surface area contributed by atoms with Gasteiger partial charge in [-0.05, 0) is 55.5 Å². The van der Waals surface area contributed by atoms with Crippen LogP contribution >= 0.6 is 11.6 Å². The third-order valence-corrected chi connectivity index (χ3v) is 4.85. The molecule has 0 aliphatic carbocycles. The first kappa shape index (κ1) is 23.1. The molecule has 0 atom stereocenters. The first-order valence-corrected chi connectivity index (χ1v) is 9.61. The van der Waals surface area contributed by atoms with Gasteiger partial charge in [0.25, 0.3) is 5.91 Å². The lowest BCUT2D eigenvalue weighted by Gasteiger charge is -2.15. The fourth-order valence-corrected chi connectivity index (χ4v) is 3.20. The third kappa shape index (κ3) is 5.17. The highest BCUT2D eigenvalue weighted by Crippen LogP contribution is 2.31. The van der Waals surface area contributed by atoms with Gasteiger partial charge in [0.2, 0.25) is 0 Å². The molecular formula is C22H18ClF3N4O2. The number of amides is 1. The van der Waals surface area contributed by atoms with E-state index in [9.17, 15) is 18.0 Å². The monoisotopic (exact) mass is 462 g/mol. The average molecular weight is 463 g/mol. The Morgan fingerprint density at radius 3 is 2.19 bits per heavy atom. The second-order valence-electron chi connectivity index (χ2n) is 6.72. The van der Waals surface area contributed by atoms with Crippen LogP contribution in [-0.4, -0.2) is 23.7 Å². The Kier molecular flexibility index (Phi) is 6.69. The van der Waals surface area contributed by atoms with E-state index in [0.29, 0.717) is 11.4 Å². The van der Waals surface area contributed by atoms with Crippen LogP contribution in [0.3, 0.4) is 0 Å². The Bertz CT molecular complexity index is 1150. The van der Waals surface area contributed by atoms with Gasteiger partial charge in [0, 0.05) is 23.3 Å². The number of carbonyl (C=O) groups excluding carboxylic acids is 1. The molecule has 3 N–H and O–H groups in total. The molecule has 6 nitrogen and oxygen atoms in total. The molecule has 0 radical (unpaired) electrons. The van der Waals surface area contributed by atoms with E-state index >= 15 is 0 Å². The molecule has 166 valence electrons. The Hall–Kier alpha value is -3.59. The zero-order valence-corrected chi connectivity index (χ0v) is 17.7. The molecule has 0 unspecified atom stereocenters. The largest absolute Gasteiger partial charge is 0.497 e. The van der Waals surface area contributed by atoms with E-state index in [1.165, 1.54) is 13.1 Å². The Morgan fingerprint density at radius 1 is 1.06 bits per heavy atom. The number of pyridine rings is 1. The summed E-state index contributed by atoms with van der Waals surface area (Å²) in [5, 5.41) is 13.6. The maximum absolute atomic E-state index is 12.7. The number of alkyl halides is 3. The van der Waals surface area contributed by atoms with Crippen LogP contribution in [-0.2, 0) is 6.18 Å². The minimum atomic E-state index is -4.47. The number of nitrogens with one attached hydrogen (secondary N) is 3. The van der Waals surface area contributed by atoms with Crippen LogP contribution in [0.5, 0.6) is 5.75 Å². The predicted molar refractivity (Wildman–Crippen MR) is 117 cm³/mol. The first-order valence-electron chi connectivity index (χ1n) is 9.24. The summed E-state index contributed by atoms with van der Waals surface area (Å²) in [4.78, 5) is 16.9. The highest BCUT2D eigenvalue weighted by molar-refractivity contribution is 6.38. The third-order valence-electron chi connectivity index (χ3n) is 4.46. The lowest BCUT2D eigenvalue weighted by Crippen LogP contribution is -2.16. The summed E-state index contributed by atoms with van der Waals surface area (Å²) >= 11 is 6.42. The molecule has 3 aromatic rings. The van der Waals surface area contributed by atoms with E-state index in [4.69, 9.17) is 21.7 Å². The van der Waals surface area contributed by atoms with Crippen LogP contribution in [0.25, 0.3) is 0 Å². The Balaban J connectivity index is 1.86. The van der Waals surface area contributed by atoms with Gasteiger partial charge in [-0.25, -0.2) is 4.98 Å². The maximum atomic E-state index is 12.7. The number of hydrogen-bond acceptors (Lipinski definition) is 5.